The van der Waals surface area contributed by atoms with Gasteiger partial charge in [-0.25, -0.2) is 12.8 Å². The molecule has 1 aromatic rings. The van der Waals surface area contributed by atoms with Crippen molar-refractivity contribution in [2.45, 2.75) is 30.9 Å². The molecule has 2 aliphatic rings. The van der Waals surface area contributed by atoms with E-state index >= 15 is 0 Å². The number of hydrogen-bond acceptors (Lipinski definition) is 4. The average molecular weight is 354 g/mol. The van der Waals surface area contributed by atoms with E-state index in [2.05, 4.69) is 0 Å². The maximum absolute atomic E-state index is 12.9. The van der Waals surface area contributed by atoms with Gasteiger partial charge in [0.05, 0.1) is 11.8 Å². The normalized spacial score (nSPS) is 21.2. The highest BCUT2D eigenvalue weighted by Crippen LogP contribution is 2.27. The Hall–Kier alpha value is -1.31. The molecule has 0 spiro atoms. The zero-order valence-electron chi connectivity index (χ0n) is 13.7. The van der Waals surface area contributed by atoms with E-state index in [1.807, 2.05) is 4.90 Å². The van der Waals surface area contributed by atoms with Crippen LogP contribution in [0.15, 0.2) is 24.3 Å². The fraction of sp³-hybridized carbons (Fsp3) is 0.588. The lowest BCUT2D eigenvalue weighted by molar-refractivity contribution is 0.0901. The highest BCUT2D eigenvalue weighted by atomic mass is 32.2. The highest BCUT2D eigenvalue weighted by Gasteiger charge is 2.35. The second-order valence-electron chi connectivity index (χ2n) is 6.56. The molecule has 0 bridgehead atoms. The number of ketones is 1. The summed E-state index contributed by atoms with van der Waals surface area (Å²) in [6, 6.07) is 5.52. The predicted molar refractivity (Wildman–Crippen MR) is 89.9 cm³/mol. The second-order valence-corrected chi connectivity index (χ2v) is 8.77. The van der Waals surface area contributed by atoms with E-state index in [1.165, 1.54) is 24.3 Å². The van der Waals surface area contributed by atoms with Gasteiger partial charge < -0.3 is 0 Å². The number of carbonyl (C=O) groups is 1. The van der Waals surface area contributed by atoms with E-state index in [-0.39, 0.29) is 23.4 Å². The summed E-state index contributed by atoms with van der Waals surface area (Å²) in [5.74, 6) is -0.431. The predicted octanol–water partition coefficient (Wildman–Crippen LogP) is 1.90. The zero-order chi connectivity index (χ0) is 17.2. The van der Waals surface area contributed by atoms with Crippen molar-refractivity contribution in [2.24, 2.45) is 0 Å². The highest BCUT2D eigenvalue weighted by molar-refractivity contribution is 7.89. The quantitative estimate of drug-likeness (QED) is 0.758. The van der Waals surface area contributed by atoms with Gasteiger partial charge in [0.2, 0.25) is 10.0 Å². The molecule has 24 heavy (non-hydrogen) atoms. The Morgan fingerprint density at radius 1 is 1.04 bits per heavy atom. The van der Waals surface area contributed by atoms with Gasteiger partial charge in [0, 0.05) is 31.7 Å². The number of hydrogen-bond donors (Lipinski definition) is 0. The molecule has 0 N–H and O–H groups in total. The van der Waals surface area contributed by atoms with E-state index < -0.39 is 10.0 Å². The van der Waals surface area contributed by atoms with Crippen molar-refractivity contribution in [3.8, 4) is 0 Å². The first kappa shape index (κ1) is 17.5. The third kappa shape index (κ3) is 3.84. The Bertz CT molecular complexity index is 676. The molecular weight excluding hydrogens is 331 g/mol. The molecular formula is C17H23FN2O3S. The molecule has 1 aliphatic carbocycles. The van der Waals surface area contributed by atoms with E-state index in [0.29, 0.717) is 31.7 Å². The lowest BCUT2D eigenvalue weighted by Gasteiger charge is -2.35. The number of Topliss-reactive ketones (excluding diaryl/α,β-unsaturated/α-hetero) is 1. The first-order chi connectivity index (χ1) is 11.5. The van der Waals surface area contributed by atoms with Crippen molar-refractivity contribution in [2.75, 3.05) is 32.7 Å². The Balaban J connectivity index is 1.53. The van der Waals surface area contributed by atoms with Crippen molar-refractivity contribution in [1.82, 2.24) is 9.21 Å². The molecule has 1 aliphatic heterocycles. The molecule has 132 valence electrons. The summed E-state index contributed by atoms with van der Waals surface area (Å²) >= 11 is 0. The van der Waals surface area contributed by atoms with Crippen LogP contribution in [0.2, 0.25) is 0 Å². The largest absolute Gasteiger partial charge is 0.293 e. The number of halogens is 1. The summed E-state index contributed by atoms with van der Waals surface area (Å²) in [5, 5.41) is -0.218. The molecule has 2 fully saturated rings. The van der Waals surface area contributed by atoms with Crippen molar-refractivity contribution in [3.63, 3.8) is 0 Å². The van der Waals surface area contributed by atoms with Crippen LogP contribution in [0.3, 0.4) is 0 Å². The first-order valence-corrected chi connectivity index (χ1v) is 9.97. The van der Waals surface area contributed by atoms with Gasteiger partial charge in [-0.2, -0.15) is 4.31 Å². The van der Waals surface area contributed by atoms with Crippen LogP contribution in [0.5, 0.6) is 0 Å². The first-order valence-electron chi connectivity index (χ1n) is 8.47. The minimum atomic E-state index is -3.19. The van der Waals surface area contributed by atoms with Crippen LogP contribution in [0, 0.1) is 5.82 Å². The summed E-state index contributed by atoms with van der Waals surface area (Å²) in [6.07, 6.45) is 3.53. The second kappa shape index (κ2) is 7.29. The van der Waals surface area contributed by atoms with Crippen LogP contribution in [-0.4, -0.2) is 61.4 Å². The third-order valence-corrected chi connectivity index (χ3v) is 7.35. The summed E-state index contributed by atoms with van der Waals surface area (Å²) in [6.45, 7) is 2.23. The van der Waals surface area contributed by atoms with E-state index in [1.54, 1.807) is 4.31 Å². The zero-order valence-corrected chi connectivity index (χ0v) is 14.5. The molecule has 5 nitrogen and oxygen atoms in total. The lowest BCUT2D eigenvalue weighted by Crippen LogP contribution is -2.51. The van der Waals surface area contributed by atoms with Gasteiger partial charge >= 0.3 is 0 Å². The molecule has 0 aromatic heterocycles. The van der Waals surface area contributed by atoms with E-state index in [0.717, 1.165) is 25.7 Å². The Morgan fingerprint density at radius 2 is 1.62 bits per heavy atom. The molecule has 7 heteroatoms. The number of carbonyl (C=O) groups excluding carboxylic acids is 1. The van der Waals surface area contributed by atoms with Crippen LogP contribution in [0.4, 0.5) is 4.39 Å². The van der Waals surface area contributed by atoms with Crippen molar-refractivity contribution < 1.29 is 17.6 Å². The summed E-state index contributed by atoms with van der Waals surface area (Å²) < 4.78 is 39.6. The van der Waals surface area contributed by atoms with Crippen LogP contribution >= 0.6 is 0 Å². The molecule has 1 aromatic carbocycles. The molecule has 1 saturated heterocycles. The topological polar surface area (TPSA) is 57.7 Å². The Labute approximate surface area is 142 Å². The van der Waals surface area contributed by atoms with Gasteiger partial charge in [0.15, 0.2) is 5.78 Å². The Morgan fingerprint density at radius 3 is 2.21 bits per heavy atom. The minimum Gasteiger partial charge on any atom is -0.293 e. The molecule has 1 heterocycles. The standard InChI is InChI=1S/C17H23FN2O3S/c18-15-7-5-14(6-8-15)17(21)13-19-9-11-20(12-10-19)24(22,23)16-3-1-2-4-16/h5-8,16H,1-4,9-13H2. The minimum absolute atomic E-state index is 0.0675. The monoisotopic (exact) mass is 354 g/mol. The van der Waals surface area contributed by atoms with Gasteiger partial charge in [-0.3, -0.25) is 9.69 Å². The van der Waals surface area contributed by atoms with Gasteiger partial charge in [0.1, 0.15) is 5.82 Å². The smallest absolute Gasteiger partial charge is 0.217 e. The van der Waals surface area contributed by atoms with Crippen LogP contribution < -0.4 is 0 Å². The van der Waals surface area contributed by atoms with E-state index in [9.17, 15) is 17.6 Å². The van der Waals surface area contributed by atoms with Gasteiger partial charge in [-0.05, 0) is 37.1 Å². The maximum Gasteiger partial charge on any atom is 0.217 e. The van der Waals surface area contributed by atoms with Crippen LogP contribution in [0.25, 0.3) is 0 Å². The average Bonchev–Trinajstić information content (AvgIpc) is 3.11. The molecule has 0 amide bonds. The lowest BCUT2D eigenvalue weighted by atomic mass is 10.1. The van der Waals surface area contributed by atoms with Crippen molar-refractivity contribution in [3.05, 3.63) is 35.6 Å². The van der Waals surface area contributed by atoms with Gasteiger partial charge in [-0.1, -0.05) is 12.8 Å². The van der Waals surface area contributed by atoms with Crippen LogP contribution in [-0.2, 0) is 10.0 Å². The summed E-state index contributed by atoms with van der Waals surface area (Å²) in [7, 11) is -3.19. The van der Waals surface area contributed by atoms with Gasteiger partial charge in [0.25, 0.3) is 0 Å². The van der Waals surface area contributed by atoms with E-state index in [4.69, 9.17) is 0 Å². The number of nitrogens with zero attached hydrogens (tertiary/aromatic N) is 2. The number of sulfonamides is 1. The van der Waals surface area contributed by atoms with Crippen molar-refractivity contribution in [1.29, 1.82) is 0 Å². The fourth-order valence-electron chi connectivity index (χ4n) is 3.47. The number of piperazine rings is 1. The number of rotatable bonds is 5. The summed E-state index contributed by atoms with van der Waals surface area (Å²) in [5.41, 5.74) is 0.484. The van der Waals surface area contributed by atoms with Crippen LogP contribution in [0.1, 0.15) is 36.0 Å². The molecule has 3 rings (SSSR count). The number of benzene rings is 1. The Kier molecular flexibility index (Phi) is 5.32. The SMILES string of the molecule is O=C(CN1CCN(S(=O)(=O)C2CCCC2)CC1)c1ccc(F)cc1. The van der Waals surface area contributed by atoms with Gasteiger partial charge in [-0.15, -0.1) is 0 Å². The van der Waals surface area contributed by atoms with Crippen molar-refractivity contribution >= 4 is 15.8 Å². The molecule has 1 saturated carbocycles. The maximum atomic E-state index is 12.9. The molecule has 0 radical (unpaired) electrons. The third-order valence-electron chi connectivity index (χ3n) is 4.95. The fourth-order valence-corrected chi connectivity index (χ4v) is 5.49. The molecule has 0 unspecified atom stereocenters. The molecule has 0 atom stereocenters. The summed E-state index contributed by atoms with van der Waals surface area (Å²) in [4.78, 5) is 14.2.